The number of carbonyl (C=O) groups is 1. The lowest BCUT2D eigenvalue weighted by molar-refractivity contribution is -0.121. The number of nitrogens with two attached hydrogens (primary N) is 1. The summed E-state index contributed by atoms with van der Waals surface area (Å²) in [7, 11) is 0. The third-order valence-corrected chi connectivity index (χ3v) is 3.70. The predicted octanol–water partition coefficient (Wildman–Crippen LogP) is 1.94. The maximum atomic E-state index is 11.1. The molecule has 1 atom stereocenters. The number of thiophene rings is 1. The lowest BCUT2D eigenvalue weighted by Crippen LogP contribution is -2.30. The molecule has 96 valence electrons. The molecule has 2 aromatic heterocycles. The van der Waals surface area contributed by atoms with E-state index in [9.17, 15) is 4.79 Å². The van der Waals surface area contributed by atoms with Crippen molar-refractivity contribution in [1.29, 1.82) is 0 Å². The molecule has 2 aromatic rings. The van der Waals surface area contributed by atoms with E-state index in [0.29, 0.717) is 6.42 Å². The summed E-state index contributed by atoms with van der Waals surface area (Å²) in [5.74, 6) is 5.88. The Morgan fingerprint density at radius 1 is 1.67 bits per heavy atom. The fourth-order valence-corrected chi connectivity index (χ4v) is 2.54. The lowest BCUT2D eigenvalue weighted by Gasteiger charge is -2.15. The van der Waals surface area contributed by atoms with Crippen LogP contribution in [0.1, 0.15) is 25.8 Å². The van der Waals surface area contributed by atoms with Crippen molar-refractivity contribution in [2.75, 3.05) is 0 Å². The summed E-state index contributed by atoms with van der Waals surface area (Å²) < 4.78 is 2.09. The number of amides is 1. The first kappa shape index (κ1) is 12.8. The van der Waals surface area contributed by atoms with Crippen LogP contribution in [0.3, 0.4) is 0 Å². The minimum absolute atomic E-state index is 0.139. The van der Waals surface area contributed by atoms with Crippen LogP contribution >= 0.6 is 11.3 Å². The van der Waals surface area contributed by atoms with E-state index < -0.39 is 0 Å². The Hall–Kier alpha value is -1.66. The van der Waals surface area contributed by atoms with Gasteiger partial charge >= 0.3 is 0 Å². The molecule has 0 spiro atoms. The van der Waals surface area contributed by atoms with Gasteiger partial charge in [-0.3, -0.25) is 10.2 Å². The molecule has 5 nitrogen and oxygen atoms in total. The quantitative estimate of drug-likeness (QED) is 0.492. The van der Waals surface area contributed by atoms with Crippen molar-refractivity contribution in [3.8, 4) is 10.7 Å². The Balaban J connectivity index is 2.09. The standard InChI is InChI=1S/C12H16N4OS/c1-9(4-5-11(17)15-13)16-7-6-14-12(16)10-3-2-8-18-10/h2-3,6-9H,4-5,13H2,1H3,(H,15,17). The van der Waals surface area contributed by atoms with Crippen LogP contribution in [0, 0.1) is 0 Å². The summed E-state index contributed by atoms with van der Waals surface area (Å²) in [6.45, 7) is 2.07. The van der Waals surface area contributed by atoms with Crippen LogP contribution < -0.4 is 11.3 Å². The molecule has 0 aliphatic carbocycles. The van der Waals surface area contributed by atoms with Gasteiger partial charge < -0.3 is 4.57 Å². The van der Waals surface area contributed by atoms with Crippen LogP contribution in [0.4, 0.5) is 0 Å². The highest BCUT2D eigenvalue weighted by molar-refractivity contribution is 7.13. The van der Waals surface area contributed by atoms with Gasteiger partial charge in [0.15, 0.2) is 0 Å². The Morgan fingerprint density at radius 3 is 3.17 bits per heavy atom. The molecule has 0 fully saturated rings. The van der Waals surface area contributed by atoms with Gasteiger partial charge in [-0.2, -0.15) is 0 Å². The van der Waals surface area contributed by atoms with E-state index in [1.54, 1.807) is 17.5 Å². The number of hydrazine groups is 1. The van der Waals surface area contributed by atoms with Gasteiger partial charge in [-0.15, -0.1) is 11.3 Å². The van der Waals surface area contributed by atoms with E-state index in [4.69, 9.17) is 5.84 Å². The van der Waals surface area contributed by atoms with Crippen LogP contribution in [-0.2, 0) is 4.79 Å². The summed E-state index contributed by atoms with van der Waals surface area (Å²) in [5.41, 5.74) is 2.15. The molecule has 2 heterocycles. The maximum absolute atomic E-state index is 11.1. The predicted molar refractivity (Wildman–Crippen MR) is 71.8 cm³/mol. The number of hydrogen-bond donors (Lipinski definition) is 2. The Kier molecular flexibility index (Phi) is 4.11. The average Bonchev–Trinajstić information content (AvgIpc) is 3.04. The zero-order valence-electron chi connectivity index (χ0n) is 10.2. The molecule has 1 unspecified atom stereocenters. The SMILES string of the molecule is CC(CCC(=O)NN)n1ccnc1-c1cccs1. The van der Waals surface area contributed by atoms with Gasteiger partial charge in [0.2, 0.25) is 5.91 Å². The van der Waals surface area contributed by atoms with Gasteiger partial charge in [0.05, 0.1) is 4.88 Å². The molecule has 2 rings (SSSR count). The van der Waals surface area contributed by atoms with Crippen LogP contribution in [0.2, 0.25) is 0 Å². The zero-order valence-corrected chi connectivity index (χ0v) is 11.0. The van der Waals surface area contributed by atoms with E-state index in [0.717, 1.165) is 17.1 Å². The van der Waals surface area contributed by atoms with Crippen molar-refractivity contribution >= 4 is 17.2 Å². The fraction of sp³-hybridized carbons (Fsp3) is 0.333. The first-order valence-corrected chi connectivity index (χ1v) is 6.66. The van der Waals surface area contributed by atoms with Crippen LogP contribution in [0.25, 0.3) is 10.7 Å². The van der Waals surface area contributed by atoms with Crippen molar-refractivity contribution < 1.29 is 4.79 Å². The smallest absolute Gasteiger partial charge is 0.233 e. The molecule has 0 aliphatic heterocycles. The molecule has 0 saturated carbocycles. The largest absolute Gasteiger partial charge is 0.328 e. The third kappa shape index (κ3) is 2.77. The Labute approximate surface area is 110 Å². The second-order valence-corrected chi connectivity index (χ2v) is 5.04. The van der Waals surface area contributed by atoms with E-state index in [1.165, 1.54) is 0 Å². The van der Waals surface area contributed by atoms with Crippen LogP contribution in [-0.4, -0.2) is 15.5 Å². The highest BCUT2D eigenvalue weighted by atomic mass is 32.1. The third-order valence-electron chi connectivity index (χ3n) is 2.84. The van der Waals surface area contributed by atoms with Crippen molar-refractivity contribution in [3.63, 3.8) is 0 Å². The van der Waals surface area contributed by atoms with Crippen molar-refractivity contribution in [1.82, 2.24) is 15.0 Å². The minimum atomic E-state index is -0.139. The highest BCUT2D eigenvalue weighted by Crippen LogP contribution is 2.26. The minimum Gasteiger partial charge on any atom is -0.328 e. The molecule has 0 bridgehead atoms. The Bertz CT molecular complexity index is 506. The summed E-state index contributed by atoms with van der Waals surface area (Å²) in [5, 5.41) is 2.03. The van der Waals surface area contributed by atoms with Crippen molar-refractivity contribution in [3.05, 3.63) is 29.9 Å². The molecule has 3 N–H and O–H groups in total. The van der Waals surface area contributed by atoms with Gasteiger partial charge in [0.25, 0.3) is 0 Å². The van der Waals surface area contributed by atoms with Crippen molar-refractivity contribution in [2.45, 2.75) is 25.8 Å². The topological polar surface area (TPSA) is 72.9 Å². The summed E-state index contributed by atoms with van der Waals surface area (Å²) in [6, 6.07) is 4.26. The summed E-state index contributed by atoms with van der Waals surface area (Å²) in [4.78, 5) is 16.7. The molecule has 0 saturated heterocycles. The monoisotopic (exact) mass is 264 g/mol. The van der Waals surface area contributed by atoms with Gasteiger partial charge in [-0.25, -0.2) is 10.8 Å². The molecular formula is C12H16N4OS. The fourth-order valence-electron chi connectivity index (χ4n) is 1.82. The van der Waals surface area contributed by atoms with Gasteiger partial charge in [0, 0.05) is 24.9 Å². The molecule has 0 radical (unpaired) electrons. The van der Waals surface area contributed by atoms with E-state index >= 15 is 0 Å². The van der Waals surface area contributed by atoms with Crippen molar-refractivity contribution in [2.24, 2.45) is 5.84 Å². The number of hydrogen-bond acceptors (Lipinski definition) is 4. The Morgan fingerprint density at radius 2 is 2.50 bits per heavy atom. The normalized spacial score (nSPS) is 12.3. The number of aromatic nitrogens is 2. The zero-order chi connectivity index (χ0) is 13.0. The van der Waals surface area contributed by atoms with E-state index in [-0.39, 0.29) is 11.9 Å². The second kappa shape index (κ2) is 5.79. The maximum Gasteiger partial charge on any atom is 0.233 e. The van der Waals surface area contributed by atoms with Crippen LogP contribution in [0.5, 0.6) is 0 Å². The summed E-state index contributed by atoms with van der Waals surface area (Å²) in [6.07, 6.45) is 4.88. The van der Waals surface area contributed by atoms with E-state index in [2.05, 4.69) is 21.9 Å². The van der Waals surface area contributed by atoms with Gasteiger partial charge in [-0.1, -0.05) is 6.07 Å². The van der Waals surface area contributed by atoms with Gasteiger partial charge in [-0.05, 0) is 24.8 Å². The number of nitrogens with one attached hydrogen (secondary N) is 1. The number of imidazole rings is 1. The average molecular weight is 264 g/mol. The molecular weight excluding hydrogens is 248 g/mol. The lowest BCUT2D eigenvalue weighted by atomic mass is 10.1. The molecule has 0 aromatic carbocycles. The first-order chi connectivity index (χ1) is 8.72. The molecule has 1 amide bonds. The molecule has 6 heteroatoms. The summed E-state index contributed by atoms with van der Waals surface area (Å²) >= 11 is 1.66. The second-order valence-electron chi connectivity index (χ2n) is 4.09. The molecule has 18 heavy (non-hydrogen) atoms. The molecule has 0 aliphatic rings. The number of carbonyl (C=O) groups excluding carboxylic acids is 1. The van der Waals surface area contributed by atoms with Crippen LogP contribution in [0.15, 0.2) is 29.9 Å². The number of nitrogens with zero attached hydrogens (tertiary/aromatic N) is 2. The first-order valence-electron chi connectivity index (χ1n) is 5.78. The van der Waals surface area contributed by atoms with E-state index in [1.807, 2.05) is 23.7 Å². The van der Waals surface area contributed by atoms with Gasteiger partial charge in [0.1, 0.15) is 5.82 Å². The highest BCUT2D eigenvalue weighted by Gasteiger charge is 2.13. The number of rotatable bonds is 5.